The Labute approximate surface area is 156 Å². The van der Waals surface area contributed by atoms with Crippen LogP contribution in [-0.2, 0) is 4.74 Å². The predicted octanol–water partition coefficient (Wildman–Crippen LogP) is 1.34. The highest BCUT2D eigenvalue weighted by molar-refractivity contribution is 5.92. The Kier molecular flexibility index (Phi) is 5.25. The van der Waals surface area contributed by atoms with Crippen LogP contribution in [-0.4, -0.2) is 90.7 Å². The lowest BCUT2D eigenvalue weighted by Gasteiger charge is -2.40. The van der Waals surface area contributed by atoms with Gasteiger partial charge >= 0.3 is 0 Å². The number of hydrogen-bond acceptors (Lipinski definition) is 5. The van der Waals surface area contributed by atoms with Gasteiger partial charge in [-0.15, -0.1) is 0 Å². The van der Waals surface area contributed by atoms with Crippen LogP contribution in [0.2, 0.25) is 0 Å². The fraction of sp³-hybridized carbons (Fsp3) is 0.700. The molecule has 1 aromatic rings. The van der Waals surface area contributed by atoms with E-state index in [-0.39, 0.29) is 11.5 Å². The molecule has 6 nitrogen and oxygen atoms in total. The zero-order valence-electron chi connectivity index (χ0n) is 15.8. The quantitative estimate of drug-likeness (QED) is 0.816. The summed E-state index contributed by atoms with van der Waals surface area (Å²) in [6.07, 6.45) is 4.84. The van der Waals surface area contributed by atoms with Crippen molar-refractivity contribution in [3.63, 3.8) is 0 Å². The van der Waals surface area contributed by atoms with Crippen LogP contribution in [0.1, 0.15) is 29.8 Å². The number of carbonyl (C=O) groups excluding carboxylic acids is 1. The van der Waals surface area contributed by atoms with Crippen LogP contribution < -0.4 is 0 Å². The van der Waals surface area contributed by atoms with Gasteiger partial charge in [-0.1, -0.05) is 6.07 Å². The molecule has 0 N–H and O–H groups in total. The van der Waals surface area contributed by atoms with Crippen LogP contribution in [0.4, 0.5) is 0 Å². The number of piperazine rings is 1. The van der Waals surface area contributed by atoms with Gasteiger partial charge in [-0.2, -0.15) is 0 Å². The molecule has 6 heteroatoms. The number of pyridine rings is 1. The molecular weight excluding hydrogens is 328 g/mol. The number of ether oxygens (including phenoxy) is 1. The number of carbonyl (C=O) groups is 1. The molecule has 0 bridgehead atoms. The molecule has 4 heterocycles. The lowest BCUT2D eigenvalue weighted by Crippen LogP contribution is -2.50. The van der Waals surface area contributed by atoms with Crippen molar-refractivity contribution in [2.75, 3.05) is 59.5 Å². The summed E-state index contributed by atoms with van der Waals surface area (Å²) >= 11 is 0. The molecule has 26 heavy (non-hydrogen) atoms. The fourth-order valence-corrected chi connectivity index (χ4v) is 4.66. The Morgan fingerprint density at radius 2 is 2.12 bits per heavy atom. The zero-order valence-corrected chi connectivity index (χ0v) is 15.8. The molecule has 0 aliphatic carbocycles. The first-order valence-corrected chi connectivity index (χ1v) is 9.89. The molecule has 0 aromatic carbocycles. The summed E-state index contributed by atoms with van der Waals surface area (Å²) in [6.45, 7) is 8.11. The van der Waals surface area contributed by atoms with Gasteiger partial charge in [0.15, 0.2) is 0 Å². The van der Waals surface area contributed by atoms with Crippen molar-refractivity contribution in [1.29, 1.82) is 0 Å². The number of rotatable bonds is 3. The highest BCUT2D eigenvalue weighted by Gasteiger charge is 2.45. The largest absolute Gasteiger partial charge is 0.373 e. The Balaban J connectivity index is 1.34. The normalized spacial score (nSPS) is 30.8. The Morgan fingerprint density at radius 1 is 1.27 bits per heavy atom. The number of amides is 1. The molecular formula is C20H30N4O2. The lowest BCUT2D eigenvalue weighted by atomic mass is 9.86. The summed E-state index contributed by atoms with van der Waals surface area (Å²) in [5.74, 6) is 0.624. The van der Waals surface area contributed by atoms with E-state index in [1.54, 1.807) is 12.3 Å². The van der Waals surface area contributed by atoms with Gasteiger partial charge in [0.05, 0.1) is 18.8 Å². The molecule has 3 fully saturated rings. The third-order valence-corrected chi connectivity index (χ3v) is 6.11. The van der Waals surface area contributed by atoms with Gasteiger partial charge in [-0.25, -0.2) is 0 Å². The van der Waals surface area contributed by atoms with Gasteiger partial charge in [0.1, 0.15) is 5.69 Å². The molecule has 0 unspecified atom stereocenters. The molecule has 2 atom stereocenters. The summed E-state index contributed by atoms with van der Waals surface area (Å²) in [4.78, 5) is 23.9. The van der Waals surface area contributed by atoms with E-state index in [2.05, 4.69) is 21.8 Å². The van der Waals surface area contributed by atoms with E-state index in [0.29, 0.717) is 18.2 Å². The maximum Gasteiger partial charge on any atom is 0.272 e. The van der Waals surface area contributed by atoms with Gasteiger partial charge < -0.3 is 19.4 Å². The fourth-order valence-electron chi connectivity index (χ4n) is 4.66. The van der Waals surface area contributed by atoms with Crippen molar-refractivity contribution in [3.8, 4) is 0 Å². The Bertz CT molecular complexity index is 617. The molecule has 3 aliphatic rings. The zero-order chi connectivity index (χ0) is 18.0. The minimum atomic E-state index is -0.139. The van der Waals surface area contributed by atoms with E-state index in [0.717, 1.165) is 65.1 Å². The van der Waals surface area contributed by atoms with E-state index >= 15 is 0 Å². The molecule has 3 aliphatic heterocycles. The summed E-state index contributed by atoms with van der Waals surface area (Å²) in [5.41, 5.74) is 0.400. The summed E-state index contributed by atoms with van der Waals surface area (Å²) in [7, 11) is 2.19. The van der Waals surface area contributed by atoms with Crippen molar-refractivity contribution in [2.45, 2.75) is 24.9 Å². The first-order valence-electron chi connectivity index (χ1n) is 9.89. The Hall–Kier alpha value is -1.50. The van der Waals surface area contributed by atoms with Gasteiger partial charge in [0.25, 0.3) is 5.91 Å². The molecule has 0 radical (unpaired) electrons. The minimum Gasteiger partial charge on any atom is -0.373 e. The van der Waals surface area contributed by atoms with Crippen molar-refractivity contribution >= 4 is 5.91 Å². The van der Waals surface area contributed by atoms with Gasteiger partial charge in [0, 0.05) is 45.5 Å². The second-order valence-electron chi connectivity index (χ2n) is 8.21. The predicted molar refractivity (Wildman–Crippen MR) is 100 cm³/mol. The average Bonchev–Trinajstić information content (AvgIpc) is 3.05. The van der Waals surface area contributed by atoms with Crippen LogP contribution >= 0.6 is 0 Å². The molecule has 3 saturated heterocycles. The summed E-state index contributed by atoms with van der Waals surface area (Å²) < 4.78 is 6.32. The molecule has 1 amide bonds. The van der Waals surface area contributed by atoms with E-state index in [4.69, 9.17) is 4.74 Å². The van der Waals surface area contributed by atoms with E-state index in [1.807, 2.05) is 17.0 Å². The van der Waals surface area contributed by atoms with Gasteiger partial charge in [-0.3, -0.25) is 9.78 Å². The SMILES string of the molecule is CN1CCN(C[C@H]2CO[C@]3(CCCN(C(=O)c4ccccn4)C3)C2)CC1. The monoisotopic (exact) mass is 358 g/mol. The van der Waals surface area contributed by atoms with Crippen LogP contribution in [0, 0.1) is 5.92 Å². The first kappa shape index (κ1) is 17.9. The van der Waals surface area contributed by atoms with Crippen molar-refractivity contribution in [3.05, 3.63) is 30.1 Å². The maximum atomic E-state index is 12.8. The Morgan fingerprint density at radius 3 is 2.88 bits per heavy atom. The minimum absolute atomic E-state index is 0.0378. The van der Waals surface area contributed by atoms with Gasteiger partial charge in [0.2, 0.25) is 0 Å². The topological polar surface area (TPSA) is 48.9 Å². The van der Waals surface area contributed by atoms with E-state index in [9.17, 15) is 4.79 Å². The van der Waals surface area contributed by atoms with Crippen molar-refractivity contribution < 1.29 is 9.53 Å². The molecule has 1 aromatic heterocycles. The van der Waals surface area contributed by atoms with Crippen LogP contribution in [0.3, 0.4) is 0 Å². The van der Waals surface area contributed by atoms with E-state index < -0.39 is 0 Å². The summed E-state index contributed by atoms with van der Waals surface area (Å²) in [5, 5.41) is 0. The molecule has 1 spiro atoms. The second kappa shape index (κ2) is 7.62. The third kappa shape index (κ3) is 3.92. The standard InChI is InChI=1S/C20H30N4O2/c1-22-9-11-23(12-10-22)14-17-13-20(26-15-17)6-4-8-24(16-20)19(25)18-5-2-3-7-21-18/h2-3,5,7,17H,4,6,8-16H2,1H3/t17-,20+/m0/s1. The highest BCUT2D eigenvalue weighted by atomic mass is 16.5. The van der Waals surface area contributed by atoms with Crippen molar-refractivity contribution in [1.82, 2.24) is 19.7 Å². The van der Waals surface area contributed by atoms with Crippen LogP contribution in [0.25, 0.3) is 0 Å². The van der Waals surface area contributed by atoms with Crippen molar-refractivity contribution in [2.24, 2.45) is 5.92 Å². The molecule has 142 valence electrons. The first-order chi connectivity index (χ1) is 12.6. The lowest BCUT2D eigenvalue weighted by molar-refractivity contribution is -0.0452. The molecule has 4 rings (SSSR count). The maximum absolute atomic E-state index is 12.8. The molecule has 0 saturated carbocycles. The smallest absolute Gasteiger partial charge is 0.272 e. The highest BCUT2D eigenvalue weighted by Crippen LogP contribution is 2.38. The van der Waals surface area contributed by atoms with Crippen LogP contribution in [0.15, 0.2) is 24.4 Å². The number of hydrogen-bond donors (Lipinski definition) is 0. The van der Waals surface area contributed by atoms with E-state index in [1.165, 1.54) is 0 Å². The third-order valence-electron chi connectivity index (χ3n) is 6.11. The van der Waals surface area contributed by atoms with Gasteiger partial charge in [-0.05, 0) is 44.4 Å². The second-order valence-corrected chi connectivity index (χ2v) is 8.21. The van der Waals surface area contributed by atoms with Crippen LogP contribution in [0.5, 0.6) is 0 Å². The number of nitrogens with zero attached hydrogens (tertiary/aromatic N) is 4. The number of piperidine rings is 1. The number of likely N-dealkylation sites (tertiary alicyclic amines) is 1. The number of aromatic nitrogens is 1. The number of likely N-dealkylation sites (N-methyl/N-ethyl adjacent to an activating group) is 1. The average molecular weight is 358 g/mol. The summed E-state index contributed by atoms with van der Waals surface area (Å²) in [6, 6.07) is 5.52.